The minimum absolute atomic E-state index is 0.161. The first-order valence-corrected chi connectivity index (χ1v) is 9.11. The molecule has 0 unspecified atom stereocenters. The van der Waals surface area contributed by atoms with Crippen molar-refractivity contribution >= 4 is 21.9 Å². The minimum Gasteiger partial charge on any atom is -0.481 e. The number of aliphatic carboxylic acids is 1. The van der Waals surface area contributed by atoms with Gasteiger partial charge in [-0.05, 0) is 19.1 Å². The summed E-state index contributed by atoms with van der Waals surface area (Å²) in [6, 6.07) is 7.27. The van der Waals surface area contributed by atoms with Gasteiger partial charge in [-0.3, -0.25) is 9.59 Å². The molecule has 1 fully saturated rings. The van der Waals surface area contributed by atoms with Gasteiger partial charge < -0.3 is 10.0 Å². The number of rotatable bonds is 4. The zero-order valence-electron chi connectivity index (χ0n) is 13.0. The normalized spacial score (nSPS) is 22.8. The summed E-state index contributed by atoms with van der Waals surface area (Å²) in [5, 5.41) is 9.14. The number of carboxylic acid groups (broad SMARTS) is 1. The maximum Gasteiger partial charge on any atom is 0.305 e. The smallest absolute Gasteiger partial charge is 0.305 e. The quantitative estimate of drug-likeness (QED) is 0.868. The highest BCUT2D eigenvalue weighted by Crippen LogP contribution is 2.24. The molecule has 7 nitrogen and oxygen atoms in total. The van der Waals surface area contributed by atoms with Crippen molar-refractivity contribution in [2.75, 3.05) is 19.3 Å². The molecule has 126 valence electrons. The summed E-state index contributed by atoms with van der Waals surface area (Å²) in [5.41, 5.74) is 0.461. The molecule has 0 bridgehead atoms. The lowest BCUT2D eigenvalue weighted by molar-refractivity contribution is -0.139. The Bertz CT molecular complexity index is 689. The van der Waals surface area contributed by atoms with Gasteiger partial charge in [-0.1, -0.05) is 18.2 Å². The van der Waals surface area contributed by atoms with Crippen molar-refractivity contribution < 1.29 is 23.1 Å². The Morgan fingerprint density at radius 2 is 1.83 bits per heavy atom. The van der Waals surface area contributed by atoms with Crippen molar-refractivity contribution in [3.63, 3.8) is 0 Å². The molecule has 1 aromatic rings. The van der Waals surface area contributed by atoms with Crippen LogP contribution in [0.4, 0.5) is 0 Å². The molecule has 1 N–H and O–H groups in total. The maximum atomic E-state index is 12.7. The van der Waals surface area contributed by atoms with E-state index < -0.39 is 28.1 Å². The van der Waals surface area contributed by atoms with Crippen molar-refractivity contribution in [3.8, 4) is 0 Å². The first kappa shape index (κ1) is 17.4. The molecule has 23 heavy (non-hydrogen) atoms. The second-order valence-corrected chi connectivity index (χ2v) is 7.58. The van der Waals surface area contributed by atoms with E-state index in [-0.39, 0.29) is 25.4 Å². The molecule has 2 rings (SSSR count). The third-order valence-electron chi connectivity index (χ3n) is 4.06. The molecular formula is C15H20N2O5S. The number of carbonyl (C=O) groups is 2. The Morgan fingerprint density at radius 1 is 1.22 bits per heavy atom. The molecule has 0 saturated carbocycles. The molecule has 2 atom stereocenters. The van der Waals surface area contributed by atoms with Crippen LogP contribution in [0.15, 0.2) is 30.3 Å². The standard InChI is InChI=1S/C15H20N2O5S/c1-11-13(10-14(18)19)16(8-9-17(11)23(2,21)22)15(20)12-6-4-3-5-7-12/h3-7,11,13H,8-10H2,1-2H3,(H,18,19)/t11-,13+/m0/s1. The highest BCUT2D eigenvalue weighted by atomic mass is 32.2. The lowest BCUT2D eigenvalue weighted by atomic mass is 10.00. The van der Waals surface area contributed by atoms with E-state index in [1.54, 1.807) is 37.3 Å². The Morgan fingerprint density at radius 3 is 2.35 bits per heavy atom. The van der Waals surface area contributed by atoms with Gasteiger partial charge in [0.25, 0.3) is 5.91 Å². The van der Waals surface area contributed by atoms with Crippen LogP contribution < -0.4 is 0 Å². The van der Waals surface area contributed by atoms with Crippen molar-refractivity contribution in [2.24, 2.45) is 0 Å². The van der Waals surface area contributed by atoms with Gasteiger partial charge in [0.2, 0.25) is 10.0 Å². The second kappa shape index (κ2) is 6.67. The van der Waals surface area contributed by atoms with E-state index in [0.717, 1.165) is 6.26 Å². The molecule has 0 aliphatic carbocycles. The van der Waals surface area contributed by atoms with E-state index in [9.17, 15) is 18.0 Å². The van der Waals surface area contributed by atoms with Gasteiger partial charge in [0.05, 0.1) is 18.7 Å². The molecule has 1 aromatic carbocycles. The fraction of sp³-hybridized carbons (Fsp3) is 0.467. The molecule has 0 aromatic heterocycles. The highest BCUT2D eigenvalue weighted by Gasteiger charge is 2.41. The Hall–Kier alpha value is -1.93. The predicted molar refractivity (Wildman–Crippen MR) is 84.5 cm³/mol. The molecule has 1 aliphatic rings. The Labute approximate surface area is 135 Å². The Balaban J connectivity index is 2.32. The summed E-state index contributed by atoms with van der Waals surface area (Å²) >= 11 is 0. The molecular weight excluding hydrogens is 320 g/mol. The fourth-order valence-electron chi connectivity index (χ4n) is 2.95. The summed E-state index contributed by atoms with van der Waals surface area (Å²) < 4.78 is 25.0. The largest absolute Gasteiger partial charge is 0.481 e. The van der Waals surface area contributed by atoms with Gasteiger partial charge in [0, 0.05) is 24.7 Å². The number of sulfonamides is 1. The third-order valence-corrected chi connectivity index (χ3v) is 5.43. The van der Waals surface area contributed by atoms with Crippen LogP contribution in [0.25, 0.3) is 0 Å². The van der Waals surface area contributed by atoms with Crippen LogP contribution in [0, 0.1) is 0 Å². The van der Waals surface area contributed by atoms with E-state index in [1.807, 2.05) is 0 Å². The van der Waals surface area contributed by atoms with Crippen molar-refractivity contribution in [1.29, 1.82) is 0 Å². The molecule has 1 amide bonds. The lowest BCUT2D eigenvalue weighted by Gasteiger charge is -2.44. The number of hydrogen-bond acceptors (Lipinski definition) is 4. The maximum absolute atomic E-state index is 12.7. The number of hydrogen-bond donors (Lipinski definition) is 1. The van der Waals surface area contributed by atoms with E-state index in [4.69, 9.17) is 5.11 Å². The number of carboxylic acids is 1. The van der Waals surface area contributed by atoms with Crippen molar-refractivity contribution in [2.45, 2.75) is 25.4 Å². The first-order valence-electron chi connectivity index (χ1n) is 7.26. The number of piperazine rings is 1. The van der Waals surface area contributed by atoms with Crippen LogP contribution in [0.1, 0.15) is 23.7 Å². The monoisotopic (exact) mass is 340 g/mol. The SMILES string of the molecule is C[C@H]1[C@@H](CC(=O)O)N(C(=O)c2ccccc2)CCN1S(C)(=O)=O. The molecule has 0 radical (unpaired) electrons. The second-order valence-electron chi connectivity index (χ2n) is 5.64. The van der Waals surface area contributed by atoms with Crippen LogP contribution in [-0.4, -0.2) is 66.0 Å². The van der Waals surface area contributed by atoms with E-state index in [0.29, 0.717) is 5.56 Å². The van der Waals surface area contributed by atoms with E-state index >= 15 is 0 Å². The van der Waals surface area contributed by atoms with E-state index in [1.165, 1.54) is 9.21 Å². The summed E-state index contributed by atoms with van der Waals surface area (Å²) in [6.45, 7) is 1.97. The van der Waals surface area contributed by atoms with Crippen LogP contribution in [0.2, 0.25) is 0 Å². The average molecular weight is 340 g/mol. The van der Waals surface area contributed by atoms with Gasteiger partial charge >= 0.3 is 5.97 Å². The zero-order valence-corrected chi connectivity index (χ0v) is 13.9. The zero-order chi connectivity index (χ0) is 17.2. The van der Waals surface area contributed by atoms with Crippen LogP contribution in [-0.2, 0) is 14.8 Å². The van der Waals surface area contributed by atoms with Crippen molar-refractivity contribution in [1.82, 2.24) is 9.21 Å². The summed E-state index contributed by atoms with van der Waals surface area (Å²) in [4.78, 5) is 25.3. The summed E-state index contributed by atoms with van der Waals surface area (Å²) in [7, 11) is -3.46. The molecule has 1 saturated heterocycles. The van der Waals surface area contributed by atoms with Gasteiger partial charge in [0.1, 0.15) is 0 Å². The minimum atomic E-state index is -3.46. The lowest BCUT2D eigenvalue weighted by Crippen LogP contribution is -2.61. The molecule has 8 heteroatoms. The molecule has 1 heterocycles. The number of nitrogens with zero attached hydrogens (tertiary/aromatic N) is 2. The summed E-state index contributed by atoms with van der Waals surface area (Å²) in [5.74, 6) is -1.35. The van der Waals surface area contributed by atoms with Gasteiger partial charge in [-0.25, -0.2) is 8.42 Å². The predicted octanol–water partition coefficient (Wildman–Crippen LogP) is 0.636. The molecule has 0 spiro atoms. The van der Waals surface area contributed by atoms with Crippen LogP contribution in [0.3, 0.4) is 0 Å². The third kappa shape index (κ3) is 3.89. The van der Waals surface area contributed by atoms with Gasteiger partial charge in [0.15, 0.2) is 0 Å². The van der Waals surface area contributed by atoms with Gasteiger partial charge in [-0.15, -0.1) is 0 Å². The summed E-state index contributed by atoms with van der Waals surface area (Å²) in [6.07, 6.45) is 0.793. The van der Waals surface area contributed by atoms with Crippen LogP contribution in [0.5, 0.6) is 0 Å². The first-order chi connectivity index (χ1) is 10.7. The van der Waals surface area contributed by atoms with Crippen molar-refractivity contribution in [3.05, 3.63) is 35.9 Å². The topological polar surface area (TPSA) is 95.0 Å². The van der Waals surface area contributed by atoms with Crippen LogP contribution >= 0.6 is 0 Å². The average Bonchev–Trinajstić information content (AvgIpc) is 2.47. The Kier molecular flexibility index (Phi) is 5.06. The van der Waals surface area contributed by atoms with Gasteiger partial charge in [-0.2, -0.15) is 4.31 Å². The number of benzene rings is 1. The number of carbonyl (C=O) groups excluding carboxylic acids is 1. The number of amides is 1. The highest BCUT2D eigenvalue weighted by molar-refractivity contribution is 7.88. The van der Waals surface area contributed by atoms with E-state index in [2.05, 4.69) is 0 Å². The molecule has 1 aliphatic heterocycles. The fourth-order valence-corrected chi connectivity index (χ4v) is 4.11.